The van der Waals surface area contributed by atoms with Gasteiger partial charge in [-0.25, -0.2) is 0 Å². The lowest BCUT2D eigenvalue weighted by atomic mass is 9.78. The molecule has 0 amide bonds. The fraction of sp³-hybridized carbons (Fsp3) is 0.769. The third-order valence-corrected chi connectivity index (χ3v) is 2.86. The van der Waals surface area contributed by atoms with Gasteiger partial charge in [0.2, 0.25) is 0 Å². The van der Waals surface area contributed by atoms with Crippen molar-refractivity contribution < 1.29 is 24.6 Å². The zero-order valence-corrected chi connectivity index (χ0v) is 11.3. The van der Waals surface area contributed by atoms with Crippen molar-refractivity contribution in [3.8, 4) is 0 Å². The lowest BCUT2D eigenvalue weighted by molar-refractivity contribution is -0.151. The van der Waals surface area contributed by atoms with Crippen molar-refractivity contribution in [2.45, 2.75) is 40.5 Å². The minimum atomic E-state index is -1.14. The van der Waals surface area contributed by atoms with Crippen molar-refractivity contribution in [2.24, 2.45) is 23.7 Å². The Morgan fingerprint density at radius 3 is 1.72 bits per heavy atom. The van der Waals surface area contributed by atoms with Crippen LogP contribution in [0.1, 0.15) is 40.5 Å². The van der Waals surface area contributed by atoms with Gasteiger partial charge in [0, 0.05) is 11.8 Å². The average Bonchev–Trinajstić information content (AvgIpc) is 2.20. The highest BCUT2D eigenvalue weighted by Crippen LogP contribution is 2.27. The van der Waals surface area contributed by atoms with E-state index >= 15 is 0 Å². The first-order valence-corrected chi connectivity index (χ1v) is 6.15. The Kier molecular flexibility index (Phi) is 6.58. The average molecular weight is 258 g/mol. The molecule has 0 aromatic carbocycles. The van der Waals surface area contributed by atoms with Crippen LogP contribution in [0.15, 0.2) is 0 Å². The molecule has 0 saturated carbocycles. The fourth-order valence-corrected chi connectivity index (χ4v) is 2.00. The number of carboxylic acid groups (broad SMARTS) is 2. The van der Waals surface area contributed by atoms with Gasteiger partial charge in [-0.3, -0.25) is 14.4 Å². The lowest BCUT2D eigenvalue weighted by Crippen LogP contribution is -2.35. The Bertz CT molecular complexity index is 319. The zero-order valence-electron chi connectivity index (χ0n) is 11.3. The number of aliphatic carboxylic acids is 2. The highest BCUT2D eigenvalue weighted by Gasteiger charge is 2.36. The molecule has 2 atom stereocenters. The summed E-state index contributed by atoms with van der Waals surface area (Å²) in [4.78, 5) is 34.0. The first-order chi connectivity index (χ1) is 8.16. The summed E-state index contributed by atoms with van der Waals surface area (Å²) in [5, 5.41) is 18.0. The number of rotatable bonds is 8. The van der Waals surface area contributed by atoms with E-state index in [1.165, 1.54) is 0 Å². The van der Waals surface area contributed by atoms with Crippen molar-refractivity contribution in [3.63, 3.8) is 0 Å². The molecule has 0 bridgehead atoms. The van der Waals surface area contributed by atoms with E-state index in [2.05, 4.69) is 0 Å². The summed E-state index contributed by atoms with van der Waals surface area (Å²) in [5.74, 6) is -4.64. The van der Waals surface area contributed by atoms with Crippen molar-refractivity contribution >= 4 is 17.7 Å². The summed E-state index contributed by atoms with van der Waals surface area (Å²) in [6.45, 7) is 7.03. The second-order valence-corrected chi connectivity index (χ2v) is 5.34. The highest BCUT2D eigenvalue weighted by atomic mass is 16.4. The topological polar surface area (TPSA) is 91.7 Å². The van der Waals surface area contributed by atoms with Crippen molar-refractivity contribution in [2.75, 3.05) is 0 Å². The molecule has 0 aliphatic carbocycles. The fourth-order valence-electron chi connectivity index (χ4n) is 2.00. The zero-order chi connectivity index (χ0) is 14.5. The summed E-state index contributed by atoms with van der Waals surface area (Å²) in [6.07, 6.45) is -0.105. The van der Waals surface area contributed by atoms with Gasteiger partial charge in [0.1, 0.15) is 5.78 Å². The van der Waals surface area contributed by atoms with Crippen LogP contribution in [0, 0.1) is 23.7 Å². The van der Waals surface area contributed by atoms with Crippen molar-refractivity contribution in [1.29, 1.82) is 0 Å². The van der Waals surface area contributed by atoms with Crippen LogP contribution in [0.25, 0.3) is 0 Å². The molecule has 5 heteroatoms. The number of Topliss-reactive ketones (excluding diaryl/α,β-unsaturated/α-hetero) is 1. The largest absolute Gasteiger partial charge is 0.481 e. The van der Waals surface area contributed by atoms with E-state index in [1.807, 2.05) is 13.8 Å². The van der Waals surface area contributed by atoms with Gasteiger partial charge in [-0.1, -0.05) is 27.7 Å². The number of ketones is 1. The molecule has 104 valence electrons. The van der Waals surface area contributed by atoms with Crippen LogP contribution in [-0.4, -0.2) is 27.9 Å². The maximum Gasteiger partial charge on any atom is 0.307 e. The van der Waals surface area contributed by atoms with Crippen LogP contribution in [0.4, 0.5) is 0 Å². The maximum atomic E-state index is 12.0. The molecule has 0 saturated heterocycles. The van der Waals surface area contributed by atoms with Gasteiger partial charge in [-0.15, -0.1) is 0 Å². The number of carboxylic acids is 2. The van der Waals surface area contributed by atoms with E-state index in [0.29, 0.717) is 6.42 Å². The van der Waals surface area contributed by atoms with Gasteiger partial charge in [-0.2, -0.15) is 0 Å². The Balaban J connectivity index is 5.15. The van der Waals surface area contributed by atoms with Crippen LogP contribution in [0.5, 0.6) is 0 Å². The molecular formula is C13H22O5. The predicted octanol–water partition coefficient (Wildman–Crippen LogP) is 2.05. The minimum absolute atomic E-state index is 0.0994. The van der Waals surface area contributed by atoms with Gasteiger partial charge in [-0.05, 0) is 12.3 Å². The lowest BCUT2D eigenvalue weighted by Gasteiger charge is -2.24. The Morgan fingerprint density at radius 1 is 0.944 bits per heavy atom. The molecule has 0 rings (SSSR count). The molecule has 5 nitrogen and oxygen atoms in total. The number of carbonyl (C=O) groups is 3. The van der Waals surface area contributed by atoms with Gasteiger partial charge < -0.3 is 10.2 Å². The van der Waals surface area contributed by atoms with Crippen LogP contribution >= 0.6 is 0 Å². The Hall–Kier alpha value is -1.39. The second kappa shape index (κ2) is 7.13. The second-order valence-electron chi connectivity index (χ2n) is 5.34. The van der Waals surface area contributed by atoms with Crippen molar-refractivity contribution in [3.05, 3.63) is 0 Å². The third kappa shape index (κ3) is 5.29. The Labute approximate surface area is 107 Å². The Morgan fingerprint density at radius 2 is 1.44 bits per heavy atom. The molecule has 0 aliphatic heterocycles. The molecule has 0 fully saturated rings. The molecule has 0 aromatic rings. The third-order valence-electron chi connectivity index (χ3n) is 2.86. The van der Waals surface area contributed by atoms with Crippen LogP contribution < -0.4 is 0 Å². The van der Waals surface area contributed by atoms with E-state index < -0.39 is 30.2 Å². The van der Waals surface area contributed by atoms with Gasteiger partial charge in [0.25, 0.3) is 0 Å². The van der Waals surface area contributed by atoms with Gasteiger partial charge in [0.05, 0.1) is 12.3 Å². The monoisotopic (exact) mass is 258 g/mol. The van der Waals surface area contributed by atoms with Crippen molar-refractivity contribution in [1.82, 2.24) is 0 Å². The molecular weight excluding hydrogens is 236 g/mol. The minimum Gasteiger partial charge on any atom is -0.481 e. The molecule has 2 N–H and O–H groups in total. The summed E-state index contributed by atoms with van der Waals surface area (Å²) in [5.41, 5.74) is 0. The van der Waals surface area contributed by atoms with Crippen LogP contribution in [-0.2, 0) is 14.4 Å². The number of hydrogen-bond acceptors (Lipinski definition) is 3. The van der Waals surface area contributed by atoms with Gasteiger partial charge >= 0.3 is 11.9 Å². The molecule has 18 heavy (non-hydrogen) atoms. The molecule has 0 spiro atoms. The summed E-state index contributed by atoms with van der Waals surface area (Å²) >= 11 is 0. The molecule has 0 radical (unpaired) electrons. The van der Waals surface area contributed by atoms with Crippen LogP contribution in [0.3, 0.4) is 0 Å². The molecule has 0 heterocycles. The molecule has 2 unspecified atom stereocenters. The summed E-state index contributed by atoms with van der Waals surface area (Å²) in [6, 6.07) is 0. The summed E-state index contributed by atoms with van der Waals surface area (Å²) < 4.78 is 0. The normalized spacial score (nSPS) is 14.6. The SMILES string of the molecule is CC(C)CC(C(=O)O)C(CC(=O)O)C(=O)C(C)C. The summed E-state index contributed by atoms with van der Waals surface area (Å²) in [7, 11) is 0. The quantitative estimate of drug-likeness (QED) is 0.695. The number of carbonyl (C=O) groups excluding carboxylic acids is 1. The molecule has 0 aromatic heterocycles. The molecule has 0 aliphatic rings. The first kappa shape index (κ1) is 16.6. The smallest absolute Gasteiger partial charge is 0.307 e. The maximum absolute atomic E-state index is 12.0. The highest BCUT2D eigenvalue weighted by molar-refractivity contribution is 5.90. The van der Waals surface area contributed by atoms with E-state index in [-0.39, 0.29) is 17.6 Å². The van der Waals surface area contributed by atoms with E-state index in [0.717, 1.165) is 0 Å². The van der Waals surface area contributed by atoms with E-state index in [4.69, 9.17) is 5.11 Å². The first-order valence-electron chi connectivity index (χ1n) is 6.15. The van der Waals surface area contributed by atoms with E-state index in [9.17, 15) is 19.5 Å². The van der Waals surface area contributed by atoms with E-state index in [1.54, 1.807) is 13.8 Å². The standard InChI is InChI=1S/C13H22O5/c1-7(2)5-10(13(17)18)9(6-11(14)15)12(16)8(3)4/h7-10H,5-6H2,1-4H3,(H,14,15)(H,17,18). The van der Waals surface area contributed by atoms with Gasteiger partial charge in [0.15, 0.2) is 0 Å². The number of hydrogen-bond donors (Lipinski definition) is 2. The predicted molar refractivity (Wildman–Crippen MR) is 66.2 cm³/mol. The van der Waals surface area contributed by atoms with Crippen LogP contribution in [0.2, 0.25) is 0 Å².